The fraction of sp³-hybridized carbons (Fsp3) is 0.118. The first kappa shape index (κ1) is 15.2. The van der Waals surface area contributed by atoms with Crippen molar-refractivity contribution >= 4 is 17.6 Å². The van der Waals surface area contributed by atoms with Gasteiger partial charge in [0.15, 0.2) is 5.69 Å². The lowest BCUT2D eigenvalue weighted by molar-refractivity contribution is 0.0691. The zero-order valence-electron chi connectivity index (χ0n) is 12.4. The van der Waals surface area contributed by atoms with Gasteiger partial charge < -0.3 is 5.11 Å². The van der Waals surface area contributed by atoms with E-state index in [1.165, 1.54) is 0 Å². The lowest BCUT2D eigenvalue weighted by atomic mass is 10.1. The maximum absolute atomic E-state index is 11.5. The number of carboxylic acid groups (broad SMARTS) is 1. The molecule has 3 rings (SSSR count). The van der Waals surface area contributed by atoms with Crippen molar-refractivity contribution in [1.82, 2.24) is 15.0 Å². The van der Waals surface area contributed by atoms with Crippen LogP contribution in [0.15, 0.2) is 48.5 Å². The Balaban J connectivity index is 2.11. The average Bonchev–Trinajstić information content (AvgIpc) is 2.93. The van der Waals surface area contributed by atoms with Gasteiger partial charge in [0.05, 0.1) is 6.54 Å². The van der Waals surface area contributed by atoms with Crippen LogP contribution in [0.2, 0.25) is 5.02 Å². The number of aromatic carboxylic acids is 1. The predicted octanol–water partition coefficient (Wildman–Crippen LogP) is 3.65. The van der Waals surface area contributed by atoms with Crippen molar-refractivity contribution in [2.24, 2.45) is 0 Å². The van der Waals surface area contributed by atoms with Crippen LogP contribution in [0.1, 0.15) is 21.6 Å². The number of aromatic nitrogens is 3. The van der Waals surface area contributed by atoms with Gasteiger partial charge in [-0.15, -0.1) is 5.10 Å². The number of rotatable bonds is 4. The number of benzene rings is 2. The molecule has 3 aromatic rings. The predicted molar refractivity (Wildman–Crippen MR) is 87.7 cm³/mol. The second kappa shape index (κ2) is 6.22. The quantitative estimate of drug-likeness (QED) is 0.794. The highest BCUT2D eigenvalue weighted by molar-refractivity contribution is 6.31. The lowest BCUT2D eigenvalue weighted by Gasteiger charge is -2.09. The Labute approximate surface area is 138 Å². The Morgan fingerprint density at radius 1 is 1.22 bits per heavy atom. The van der Waals surface area contributed by atoms with Gasteiger partial charge in [0, 0.05) is 10.6 Å². The molecule has 0 unspecified atom stereocenters. The molecule has 1 aromatic heterocycles. The summed E-state index contributed by atoms with van der Waals surface area (Å²) in [5.41, 5.74) is 3.05. The molecule has 0 bridgehead atoms. The molecule has 0 saturated carbocycles. The van der Waals surface area contributed by atoms with Crippen molar-refractivity contribution in [3.05, 3.63) is 70.4 Å². The highest BCUT2D eigenvalue weighted by atomic mass is 35.5. The SMILES string of the molecule is Cc1cccc(-c2c(C(=O)O)nnn2Cc2ccccc2Cl)c1. The fourth-order valence-electron chi connectivity index (χ4n) is 2.43. The second-order valence-corrected chi connectivity index (χ2v) is 5.62. The minimum atomic E-state index is -1.10. The lowest BCUT2D eigenvalue weighted by Crippen LogP contribution is -2.06. The van der Waals surface area contributed by atoms with E-state index in [0.717, 1.165) is 16.7 Å². The maximum atomic E-state index is 11.5. The molecule has 1 N–H and O–H groups in total. The number of aryl methyl sites for hydroxylation is 1. The van der Waals surface area contributed by atoms with Crippen molar-refractivity contribution in [2.75, 3.05) is 0 Å². The summed E-state index contributed by atoms with van der Waals surface area (Å²) < 4.78 is 1.57. The molecule has 0 aliphatic heterocycles. The second-order valence-electron chi connectivity index (χ2n) is 5.21. The Kier molecular flexibility index (Phi) is 4.12. The van der Waals surface area contributed by atoms with Gasteiger partial charge in [-0.1, -0.05) is 58.8 Å². The number of halogens is 1. The minimum Gasteiger partial charge on any atom is -0.476 e. The Morgan fingerprint density at radius 3 is 2.70 bits per heavy atom. The van der Waals surface area contributed by atoms with Crippen molar-refractivity contribution < 1.29 is 9.90 Å². The molecule has 5 nitrogen and oxygen atoms in total. The topological polar surface area (TPSA) is 68.0 Å². The fourth-order valence-corrected chi connectivity index (χ4v) is 2.63. The van der Waals surface area contributed by atoms with Crippen molar-refractivity contribution in [3.8, 4) is 11.3 Å². The van der Waals surface area contributed by atoms with Crippen molar-refractivity contribution in [3.63, 3.8) is 0 Å². The molecular formula is C17H14ClN3O2. The third kappa shape index (κ3) is 3.10. The van der Waals surface area contributed by atoms with Gasteiger partial charge in [-0.2, -0.15) is 0 Å². The van der Waals surface area contributed by atoms with Crippen LogP contribution in [0.4, 0.5) is 0 Å². The van der Waals surface area contributed by atoms with E-state index < -0.39 is 5.97 Å². The molecule has 0 radical (unpaired) electrons. The van der Waals surface area contributed by atoms with Crippen LogP contribution < -0.4 is 0 Å². The minimum absolute atomic E-state index is 0.0670. The molecule has 0 amide bonds. The molecule has 0 saturated heterocycles. The van der Waals surface area contributed by atoms with Crippen LogP contribution in [-0.2, 0) is 6.54 Å². The summed E-state index contributed by atoms with van der Waals surface area (Å²) in [5, 5.41) is 17.8. The first-order valence-electron chi connectivity index (χ1n) is 7.03. The van der Waals surface area contributed by atoms with Crippen LogP contribution in [0.3, 0.4) is 0 Å². The Morgan fingerprint density at radius 2 is 2.00 bits per heavy atom. The molecule has 0 atom stereocenters. The molecule has 0 aliphatic carbocycles. The third-order valence-corrected chi connectivity index (χ3v) is 3.88. The number of hydrogen-bond donors (Lipinski definition) is 1. The standard InChI is InChI=1S/C17H14ClN3O2/c1-11-5-4-7-12(9-11)16-15(17(22)23)19-20-21(16)10-13-6-2-3-8-14(13)18/h2-9H,10H2,1H3,(H,22,23). The van der Waals surface area contributed by atoms with E-state index in [9.17, 15) is 9.90 Å². The first-order valence-corrected chi connectivity index (χ1v) is 7.41. The molecule has 116 valence electrons. The monoisotopic (exact) mass is 327 g/mol. The summed E-state index contributed by atoms with van der Waals surface area (Å²) in [4.78, 5) is 11.5. The summed E-state index contributed by atoms with van der Waals surface area (Å²) in [6.45, 7) is 2.30. The Hall–Kier alpha value is -2.66. The molecule has 0 fully saturated rings. The van der Waals surface area contributed by atoms with E-state index in [-0.39, 0.29) is 5.69 Å². The zero-order chi connectivity index (χ0) is 16.4. The van der Waals surface area contributed by atoms with Crippen LogP contribution in [0.25, 0.3) is 11.3 Å². The van der Waals surface area contributed by atoms with Gasteiger partial charge in [0.2, 0.25) is 0 Å². The van der Waals surface area contributed by atoms with Gasteiger partial charge in [-0.05, 0) is 24.6 Å². The van der Waals surface area contributed by atoms with Gasteiger partial charge in [-0.25, -0.2) is 9.48 Å². The summed E-state index contributed by atoms with van der Waals surface area (Å²) in [6.07, 6.45) is 0. The molecule has 2 aromatic carbocycles. The van der Waals surface area contributed by atoms with Gasteiger partial charge in [0.25, 0.3) is 0 Å². The first-order chi connectivity index (χ1) is 11.1. The van der Waals surface area contributed by atoms with E-state index >= 15 is 0 Å². The van der Waals surface area contributed by atoms with Crippen LogP contribution in [0.5, 0.6) is 0 Å². The zero-order valence-corrected chi connectivity index (χ0v) is 13.2. The molecule has 0 spiro atoms. The molecule has 0 aliphatic rings. The summed E-state index contributed by atoms with van der Waals surface area (Å²) in [6, 6.07) is 15.0. The van der Waals surface area contributed by atoms with E-state index in [1.807, 2.05) is 49.4 Å². The van der Waals surface area contributed by atoms with Crippen LogP contribution in [0, 0.1) is 6.92 Å². The van der Waals surface area contributed by atoms with Gasteiger partial charge >= 0.3 is 5.97 Å². The maximum Gasteiger partial charge on any atom is 0.358 e. The van der Waals surface area contributed by atoms with E-state index in [4.69, 9.17) is 11.6 Å². The highest BCUT2D eigenvalue weighted by Crippen LogP contribution is 2.25. The third-order valence-electron chi connectivity index (χ3n) is 3.51. The number of carbonyl (C=O) groups is 1. The van der Waals surface area contributed by atoms with Gasteiger partial charge in [-0.3, -0.25) is 0 Å². The summed E-state index contributed by atoms with van der Waals surface area (Å²) >= 11 is 6.19. The molecular weight excluding hydrogens is 314 g/mol. The Bertz CT molecular complexity index is 874. The van der Waals surface area contributed by atoms with Crippen LogP contribution >= 0.6 is 11.6 Å². The summed E-state index contributed by atoms with van der Waals surface area (Å²) in [7, 11) is 0. The van der Waals surface area contributed by atoms with Crippen molar-refractivity contribution in [2.45, 2.75) is 13.5 Å². The largest absolute Gasteiger partial charge is 0.476 e. The van der Waals surface area contributed by atoms with Gasteiger partial charge in [0.1, 0.15) is 5.69 Å². The smallest absolute Gasteiger partial charge is 0.358 e. The average molecular weight is 328 g/mol. The van der Waals surface area contributed by atoms with Crippen molar-refractivity contribution in [1.29, 1.82) is 0 Å². The molecule has 23 heavy (non-hydrogen) atoms. The van der Waals surface area contributed by atoms with E-state index in [1.54, 1.807) is 10.7 Å². The molecule has 6 heteroatoms. The van der Waals surface area contributed by atoms with E-state index in [2.05, 4.69) is 10.3 Å². The highest BCUT2D eigenvalue weighted by Gasteiger charge is 2.21. The number of nitrogens with zero attached hydrogens (tertiary/aromatic N) is 3. The number of hydrogen-bond acceptors (Lipinski definition) is 3. The normalized spacial score (nSPS) is 10.7. The van der Waals surface area contributed by atoms with E-state index in [0.29, 0.717) is 17.3 Å². The summed E-state index contributed by atoms with van der Waals surface area (Å²) in [5.74, 6) is -1.10. The van der Waals surface area contributed by atoms with Crippen LogP contribution in [-0.4, -0.2) is 26.1 Å². The molecule has 1 heterocycles. The number of carboxylic acids is 1.